The van der Waals surface area contributed by atoms with Gasteiger partial charge < -0.3 is 19.4 Å². The number of phenolic OH excluding ortho intramolecular Hbond substituents is 1. The van der Waals surface area contributed by atoms with E-state index in [0.717, 1.165) is 58.2 Å². The van der Waals surface area contributed by atoms with E-state index in [1.807, 2.05) is 6.07 Å². The summed E-state index contributed by atoms with van der Waals surface area (Å²) in [6.07, 6.45) is 7.62. The average Bonchev–Trinajstić information content (AvgIpc) is 3.75. The molecule has 2 aliphatic rings. The fourth-order valence-electron chi connectivity index (χ4n) is 5.51. The largest absolute Gasteiger partial charge is 0.507 e. The topological polar surface area (TPSA) is 126 Å². The van der Waals surface area contributed by atoms with E-state index in [1.165, 1.54) is 18.2 Å². The molecule has 3 aromatic rings. The van der Waals surface area contributed by atoms with Crippen LogP contribution in [0.1, 0.15) is 67.8 Å². The van der Waals surface area contributed by atoms with Crippen molar-refractivity contribution in [1.29, 1.82) is 0 Å². The summed E-state index contributed by atoms with van der Waals surface area (Å²) in [6, 6.07) is 14.1. The third-order valence-electron chi connectivity index (χ3n) is 7.70. The molecule has 1 aliphatic carbocycles. The van der Waals surface area contributed by atoms with Gasteiger partial charge in [0.15, 0.2) is 0 Å². The molecule has 2 aromatic carbocycles. The molecule has 39 heavy (non-hydrogen) atoms. The van der Waals surface area contributed by atoms with Crippen LogP contribution in [-0.4, -0.2) is 31.8 Å². The quantitative estimate of drug-likeness (QED) is 0.266. The van der Waals surface area contributed by atoms with Crippen LogP contribution in [0.2, 0.25) is 0 Å². The number of aromatic hydroxyl groups is 2. The third-order valence-corrected chi connectivity index (χ3v) is 9.13. The van der Waals surface area contributed by atoms with Gasteiger partial charge in [0.25, 0.3) is 10.0 Å². The van der Waals surface area contributed by atoms with Crippen molar-refractivity contribution >= 4 is 15.7 Å². The molecule has 2 heterocycles. The number of rotatable bonds is 11. The number of nitrogens with one attached hydrogen (secondary N) is 1. The van der Waals surface area contributed by atoms with Crippen molar-refractivity contribution < 1.29 is 27.8 Å². The van der Waals surface area contributed by atoms with E-state index in [1.54, 1.807) is 30.3 Å². The first-order chi connectivity index (χ1) is 18.8. The first kappa shape index (κ1) is 27.3. The van der Waals surface area contributed by atoms with Crippen LogP contribution in [0, 0.1) is 11.8 Å². The monoisotopic (exact) mass is 553 g/mol. The molecular weight excluding hydrogens is 518 g/mol. The Morgan fingerprint density at radius 1 is 0.923 bits per heavy atom. The number of aryl methyl sites for hydroxylation is 1. The zero-order valence-corrected chi connectivity index (χ0v) is 22.7. The van der Waals surface area contributed by atoms with Gasteiger partial charge >= 0.3 is 5.63 Å². The molecule has 8 nitrogen and oxygen atoms in total. The number of benzene rings is 2. The summed E-state index contributed by atoms with van der Waals surface area (Å²) < 4.78 is 39.4. The lowest BCUT2D eigenvalue weighted by Crippen LogP contribution is -2.17. The smallest absolute Gasteiger partial charge is 0.343 e. The Morgan fingerprint density at radius 3 is 2.41 bits per heavy atom. The van der Waals surface area contributed by atoms with E-state index in [0.29, 0.717) is 29.3 Å². The molecule has 1 atom stereocenters. The number of anilines is 1. The van der Waals surface area contributed by atoms with Gasteiger partial charge in [-0.15, -0.1) is 0 Å². The lowest BCUT2D eigenvalue weighted by molar-refractivity contribution is 0.0631. The maximum Gasteiger partial charge on any atom is 0.343 e. The highest BCUT2D eigenvalue weighted by Gasteiger charge is 2.37. The number of sulfonamides is 1. The fourth-order valence-corrected chi connectivity index (χ4v) is 6.66. The molecule has 3 N–H and O–H groups in total. The van der Waals surface area contributed by atoms with E-state index in [2.05, 4.69) is 4.72 Å². The van der Waals surface area contributed by atoms with Crippen LogP contribution in [0.15, 0.2) is 68.7 Å². The second-order valence-corrected chi connectivity index (χ2v) is 12.3. The van der Waals surface area contributed by atoms with Gasteiger partial charge in [0.2, 0.25) is 0 Å². The summed E-state index contributed by atoms with van der Waals surface area (Å²) in [5.41, 5.74) is 0.670. The van der Waals surface area contributed by atoms with Gasteiger partial charge in [-0.3, -0.25) is 4.72 Å². The van der Waals surface area contributed by atoms with Gasteiger partial charge in [-0.2, -0.15) is 0 Å². The minimum absolute atomic E-state index is 0.0808. The van der Waals surface area contributed by atoms with Gasteiger partial charge in [0.1, 0.15) is 22.2 Å². The Bertz CT molecular complexity index is 1460. The highest BCUT2D eigenvalue weighted by Crippen LogP contribution is 2.48. The van der Waals surface area contributed by atoms with Crippen LogP contribution in [0.4, 0.5) is 5.69 Å². The second kappa shape index (κ2) is 11.8. The molecule has 1 saturated heterocycles. The number of unbranched alkanes of at least 4 members (excludes halogenated alkanes) is 1. The van der Waals surface area contributed by atoms with Crippen molar-refractivity contribution in [2.75, 3.05) is 17.9 Å². The molecule has 1 unspecified atom stereocenters. The van der Waals surface area contributed by atoms with Crippen LogP contribution >= 0.6 is 0 Å². The predicted molar refractivity (Wildman–Crippen MR) is 148 cm³/mol. The van der Waals surface area contributed by atoms with Crippen LogP contribution in [-0.2, 0) is 21.2 Å². The van der Waals surface area contributed by atoms with E-state index in [-0.39, 0.29) is 27.9 Å². The molecule has 0 radical (unpaired) electrons. The average molecular weight is 554 g/mol. The van der Waals surface area contributed by atoms with Crippen LogP contribution in [0.3, 0.4) is 0 Å². The Balaban J connectivity index is 1.32. The molecule has 1 aliphatic heterocycles. The first-order valence-electron chi connectivity index (χ1n) is 13.7. The van der Waals surface area contributed by atoms with Crippen molar-refractivity contribution in [2.45, 2.75) is 62.2 Å². The Morgan fingerprint density at radius 2 is 1.69 bits per heavy atom. The molecule has 1 saturated carbocycles. The molecule has 9 heteroatoms. The Hall–Kier alpha value is -3.30. The molecule has 1 aromatic heterocycles. The highest BCUT2D eigenvalue weighted by molar-refractivity contribution is 7.92. The van der Waals surface area contributed by atoms with E-state index in [9.17, 15) is 23.4 Å². The first-order valence-corrected chi connectivity index (χ1v) is 15.1. The molecule has 0 amide bonds. The maximum absolute atomic E-state index is 13.1. The van der Waals surface area contributed by atoms with Gasteiger partial charge in [-0.1, -0.05) is 37.1 Å². The molecule has 0 bridgehead atoms. The zero-order chi connectivity index (χ0) is 27.4. The zero-order valence-electron chi connectivity index (χ0n) is 21.8. The predicted octanol–water partition coefficient (Wildman–Crippen LogP) is 5.53. The van der Waals surface area contributed by atoms with Gasteiger partial charge in [0.05, 0.1) is 5.56 Å². The lowest BCUT2D eigenvalue weighted by Gasteiger charge is -2.21. The van der Waals surface area contributed by atoms with Crippen molar-refractivity contribution in [3.63, 3.8) is 0 Å². The van der Waals surface area contributed by atoms with Gasteiger partial charge in [-0.05, 0) is 73.8 Å². The van der Waals surface area contributed by atoms with Crippen molar-refractivity contribution in [1.82, 2.24) is 0 Å². The summed E-state index contributed by atoms with van der Waals surface area (Å²) in [5.74, 6) is 0.477. The second-order valence-electron chi connectivity index (χ2n) is 10.6. The lowest BCUT2D eigenvalue weighted by atomic mass is 9.87. The normalized spacial score (nSPS) is 17.1. The maximum atomic E-state index is 13.1. The van der Waals surface area contributed by atoms with E-state index < -0.39 is 21.6 Å². The highest BCUT2D eigenvalue weighted by atomic mass is 32.2. The minimum atomic E-state index is -4.03. The third kappa shape index (κ3) is 6.65. The SMILES string of the molecule is O=c1oc(CCCCC2CCOCC2)cc(O)c1C(c1cccc(NS(=O)(=O)c2ccccc2O)c1)C1CC1. The Kier molecular flexibility index (Phi) is 8.28. The summed E-state index contributed by atoms with van der Waals surface area (Å²) in [7, 11) is -4.03. The number of phenols is 1. The van der Waals surface area contributed by atoms with Crippen LogP contribution in [0.5, 0.6) is 11.5 Å². The summed E-state index contributed by atoms with van der Waals surface area (Å²) in [6.45, 7) is 1.67. The molecular formula is C30H35NO7S. The number of hydrogen-bond acceptors (Lipinski definition) is 7. The number of ether oxygens (including phenoxy) is 1. The van der Waals surface area contributed by atoms with Crippen LogP contribution < -0.4 is 10.3 Å². The van der Waals surface area contributed by atoms with Crippen molar-refractivity contribution in [2.24, 2.45) is 11.8 Å². The Labute approximate surface area is 228 Å². The summed E-state index contributed by atoms with van der Waals surface area (Å²) in [5, 5.41) is 21.0. The molecule has 208 valence electrons. The van der Waals surface area contributed by atoms with Gasteiger partial charge in [-0.25, -0.2) is 13.2 Å². The number of hydrogen-bond donors (Lipinski definition) is 3. The number of para-hydroxylation sites is 1. The summed E-state index contributed by atoms with van der Waals surface area (Å²) in [4.78, 5) is 12.9. The van der Waals surface area contributed by atoms with Gasteiger partial charge in [0, 0.05) is 37.3 Å². The molecule has 2 fully saturated rings. The van der Waals surface area contributed by atoms with E-state index in [4.69, 9.17) is 9.15 Å². The summed E-state index contributed by atoms with van der Waals surface area (Å²) >= 11 is 0. The fraction of sp³-hybridized carbons (Fsp3) is 0.433. The van der Waals surface area contributed by atoms with Crippen molar-refractivity contribution in [3.8, 4) is 11.5 Å². The standard InChI is InChI=1S/C30H35NO7S/c32-25-10-3-4-11-27(25)39(35,36)31-23-8-5-7-22(18-23)28(21-12-13-21)29-26(33)19-24(38-30(29)34)9-2-1-6-20-14-16-37-17-15-20/h3-5,7-8,10-11,18-21,28,31-33H,1-2,6,9,12-17H2. The minimum Gasteiger partial charge on any atom is -0.507 e. The molecule has 5 rings (SSSR count). The van der Waals surface area contributed by atoms with Crippen LogP contribution in [0.25, 0.3) is 0 Å². The molecule has 0 spiro atoms. The van der Waals surface area contributed by atoms with Crippen molar-refractivity contribution in [3.05, 3.63) is 81.9 Å². The van der Waals surface area contributed by atoms with E-state index >= 15 is 0 Å².